The molecule has 2 N–H and O–H groups in total. The van der Waals surface area contributed by atoms with E-state index < -0.39 is 0 Å². The van der Waals surface area contributed by atoms with E-state index in [1.54, 1.807) is 0 Å². The number of thioether (sulfide) groups is 1. The van der Waals surface area contributed by atoms with Gasteiger partial charge in [0.1, 0.15) is 0 Å². The number of aryl methyl sites for hydroxylation is 1. The van der Waals surface area contributed by atoms with Crippen LogP contribution < -0.4 is 5.73 Å². The van der Waals surface area contributed by atoms with Crippen molar-refractivity contribution in [3.8, 4) is 0 Å². The Morgan fingerprint density at radius 2 is 1.82 bits per heavy atom. The van der Waals surface area contributed by atoms with Gasteiger partial charge in [-0.2, -0.15) is 0 Å². The van der Waals surface area contributed by atoms with Gasteiger partial charge in [0.05, 0.1) is 0 Å². The van der Waals surface area contributed by atoms with E-state index in [2.05, 4.69) is 58.9 Å². The topological polar surface area (TPSA) is 26.0 Å². The van der Waals surface area contributed by atoms with Crippen molar-refractivity contribution in [3.05, 3.63) is 29.8 Å². The van der Waals surface area contributed by atoms with Gasteiger partial charge in [-0.25, -0.2) is 0 Å². The second-order valence-electron chi connectivity index (χ2n) is 5.74. The molecule has 1 aromatic rings. The highest BCUT2D eigenvalue weighted by molar-refractivity contribution is 8.00. The third-order valence-electron chi connectivity index (χ3n) is 3.06. The number of benzene rings is 1. The van der Waals surface area contributed by atoms with Crippen molar-refractivity contribution in [2.75, 3.05) is 0 Å². The molecular weight excluding hydrogens is 226 g/mol. The number of rotatable bonds is 4. The summed E-state index contributed by atoms with van der Waals surface area (Å²) in [4.78, 5) is 1.36. The highest BCUT2D eigenvalue weighted by atomic mass is 32.2. The monoisotopic (exact) mass is 251 g/mol. The van der Waals surface area contributed by atoms with Crippen LogP contribution in [0.4, 0.5) is 0 Å². The van der Waals surface area contributed by atoms with Crippen LogP contribution in [0.25, 0.3) is 0 Å². The molecule has 0 aromatic heterocycles. The predicted octanol–water partition coefficient (Wildman–Crippen LogP) is 4.24. The van der Waals surface area contributed by atoms with Gasteiger partial charge >= 0.3 is 0 Å². The van der Waals surface area contributed by atoms with Crippen LogP contribution in [0.2, 0.25) is 0 Å². The second kappa shape index (κ2) is 5.92. The number of hydrogen-bond donors (Lipinski definition) is 1. The molecule has 1 nitrogen and oxygen atoms in total. The van der Waals surface area contributed by atoms with Crippen molar-refractivity contribution in [2.45, 2.75) is 57.2 Å². The molecular formula is C15H25NS. The van der Waals surface area contributed by atoms with Gasteiger partial charge in [-0.3, -0.25) is 0 Å². The fourth-order valence-corrected chi connectivity index (χ4v) is 3.35. The van der Waals surface area contributed by atoms with E-state index in [0.29, 0.717) is 5.25 Å². The SMILES string of the molecule is CCC(N)C(Sc1ccccc1C)C(C)(C)C. The van der Waals surface area contributed by atoms with Crippen molar-refractivity contribution >= 4 is 11.8 Å². The first-order valence-corrected chi connectivity index (χ1v) is 7.22. The van der Waals surface area contributed by atoms with Gasteiger partial charge in [0.15, 0.2) is 0 Å². The maximum Gasteiger partial charge on any atom is 0.0294 e. The molecule has 17 heavy (non-hydrogen) atoms. The van der Waals surface area contributed by atoms with E-state index in [1.807, 2.05) is 11.8 Å². The molecule has 0 aliphatic rings. The van der Waals surface area contributed by atoms with Crippen molar-refractivity contribution in [3.63, 3.8) is 0 Å². The van der Waals surface area contributed by atoms with E-state index in [0.717, 1.165) is 6.42 Å². The molecule has 0 aliphatic carbocycles. The second-order valence-corrected chi connectivity index (χ2v) is 6.93. The minimum atomic E-state index is 0.225. The number of nitrogens with two attached hydrogens (primary N) is 1. The molecule has 0 bridgehead atoms. The average molecular weight is 251 g/mol. The van der Waals surface area contributed by atoms with Gasteiger partial charge < -0.3 is 5.73 Å². The van der Waals surface area contributed by atoms with E-state index in [4.69, 9.17) is 5.73 Å². The van der Waals surface area contributed by atoms with Gasteiger partial charge in [-0.05, 0) is 30.4 Å². The van der Waals surface area contributed by atoms with Crippen molar-refractivity contribution in [2.24, 2.45) is 11.1 Å². The summed E-state index contributed by atoms with van der Waals surface area (Å²) in [6.45, 7) is 11.2. The molecule has 0 radical (unpaired) electrons. The molecule has 0 saturated carbocycles. The minimum Gasteiger partial charge on any atom is -0.327 e. The predicted molar refractivity (Wildman–Crippen MR) is 78.5 cm³/mol. The van der Waals surface area contributed by atoms with Crippen LogP contribution in [0, 0.1) is 12.3 Å². The first-order valence-electron chi connectivity index (χ1n) is 6.34. The van der Waals surface area contributed by atoms with E-state index >= 15 is 0 Å². The Kier molecular flexibility index (Phi) is 5.08. The van der Waals surface area contributed by atoms with Gasteiger partial charge in [0, 0.05) is 16.2 Å². The normalized spacial score (nSPS) is 15.6. The van der Waals surface area contributed by atoms with E-state index in [-0.39, 0.29) is 11.5 Å². The van der Waals surface area contributed by atoms with Crippen LogP contribution in [-0.4, -0.2) is 11.3 Å². The Bertz CT molecular complexity index is 354. The average Bonchev–Trinajstić information content (AvgIpc) is 2.25. The summed E-state index contributed by atoms with van der Waals surface area (Å²) in [5, 5.41) is 0.452. The van der Waals surface area contributed by atoms with Crippen molar-refractivity contribution < 1.29 is 0 Å². The van der Waals surface area contributed by atoms with Crippen LogP contribution in [0.1, 0.15) is 39.7 Å². The molecule has 1 aromatic carbocycles. The smallest absolute Gasteiger partial charge is 0.0294 e. The molecule has 2 atom stereocenters. The summed E-state index contributed by atoms with van der Waals surface area (Å²) in [6, 6.07) is 8.80. The molecule has 1 rings (SSSR count). The summed E-state index contributed by atoms with van der Waals surface area (Å²) in [6.07, 6.45) is 1.03. The zero-order valence-corrected chi connectivity index (χ0v) is 12.5. The maximum absolute atomic E-state index is 6.28. The van der Waals surface area contributed by atoms with Crippen LogP contribution in [-0.2, 0) is 0 Å². The van der Waals surface area contributed by atoms with Crippen LogP contribution in [0.15, 0.2) is 29.2 Å². The summed E-state index contributed by atoms with van der Waals surface area (Å²) in [5.41, 5.74) is 7.85. The summed E-state index contributed by atoms with van der Waals surface area (Å²) in [5.74, 6) is 0. The summed E-state index contributed by atoms with van der Waals surface area (Å²) >= 11 is 1.93. The first-order chi connectivity index (χ1) is 7.86. The standard InChI is InChI=1S/C15H25NS/c1-6-12(16)14(15(3,4)5)17-13-10-8-7-9-11(13)2/h7-10,12,14H,6,16H2,1-5H3. The lowest BCUT2D eigenvalue weighted by Crippen LogP contribution is -2.40. The largest absolute Gasteiger partial charge is 0.327 e. The van der Waals surface area contributed by atoms with Gasteiger partial charge in [0.25, 0.3) is 0 Å². The zero-order valence-electron chi connectivity index (χ0n) is 11.7. The van der Waals surface area contributed by atoms with Crippen molar-refractivity contribution in [1.29, 1.82) is 0 Å². The Hall–Kier alpha value is -0.470. The van der Waals surface area contributed by atoms with Crippen LogP contribution >= 0.6 is 11.8 Å². The molecule has 0 fully saturated rings. The van der Waals surface area contributed by atoms with Crippen LogP contribution in [0.3, 0.4) is 0 Å². The molecule has 0 spiro atoms. The third-order valence-corrected chi connectivity index (χ3v) is 5.08. The Morgan fingerprint density at radius 1 is 1.24 bits per heavy atom. The molecule has 2 unspecified atom stereocenters. The van der Waals surface area contributed by atoms with Gasteiger partial charge in [0.2, 0.25) is 0 Å². The molecule has 2 heteroatoms. The van der Waals surface area contributed by atoms with Crippen LogP contribution in [0.5, 0.6) is 0 Å². The Balaban J connectivity index is 2.91. The molecule has 0 aliphatic heterocycles. The lowest BCUT2D eigenvalue weighted by Gasteiger charge is -2.34. The highest BCUT2D eigenvalue weighted by Crippen LogP contribution is 2.38. The van der Waals surface area contributed by atoms with Crippen molar-refractivity contribution in [1.82, 2.24) is 0 Å². The summed E-state index contributed by atoms with van der Waals surface area (Å²) < 4.78 is 0. The number of hydrogen-bond acceptors (Lipinski definition) is 2. The summed E-state index contributed by atoms with van der Waals surface area (Å²) in [7, 11) is 0. The highest BCUT2D eigenvalue weighted by Gasteiger charge is 2.30. The molecule has 0 saturated heterocycles. The molecule has 96 valence electrons. The Morgan fingerprint density at radius 3 is 2.29 bits per heavy atom. The first kappa shape index (κ1) is 14.6. The van der Waals surface area contributed by atoms with Gasteiger partial charge in [-0.1, -0.05) is 45.9 Å². The lowest BCUT2D eigenvalue weighted by atomic mass is 9.87. The minimum absolute atomic E-state index is 0.225. The quantitative estimate of drug-likeness (QED) is 0.810. The van der Waals surface area contributed by atoms with E-state index in [1.165, 1.54) is 10.5 Å². The van der Waals surface area contributed by atoms with Gasteiger partial charge in [-0.15, -0.1) is 11.8 Å². The molecule has 0 heterocycles. The maximum atomic E-state index is 6.28. The fourth-order valence-electron chi connectivity index (χ4n) is 1.95. The zero-order chi connectivity index (χ0) is 13.1. The van der Waals surface area contributed by atoms with E-state index in [9.17, 15) is 0 Å². The fraction of sp³-hybridized carbons (Fsp3) is 0.600. The molecule has 0 amide bonds. The third kappa shape index (κ3) is 4.04. The Labute approximate surface area is 110 Å². The lowest BCUT2D eigenvalue weighted by molar-refractivity contribution is 0.350.